The molecule has 0 radical (unpaired) electrons. The van der Waals surface area contributed by atoms with E-state index in [1.165, 1.54) is 0 Å². The summed E-state index contributed by atoms with van der Waals surface area (Å²) < 4.78 is 101. The average Bonchev–Trinajstić information content (AvgIpc) is 1.98. The molecule has 0 saturated carbocycles. The summed E-state index contributed by atoms with van der Waals surface area (Å²) in [7, 11) is 0. The fraction of sp³-hybridized carbons (Fsp3) is 1.00. The predicted molar refractivity (Wildman–Crippen MR) is 44.9 cm³/mol. The molecule has 0 aliphatic heterocycles. The quantitative estimate of drug-likeness (QED) is 0.645. The van der Waals surface area contributed by atoms with Crippen molar-refractivity contribution in [3.8, 4) is 0 Å². The van der Waals surface area contributed by atoms with Gasteiger partial charge in [-0.2, -0.15) is 26.3 Å². The Morgan fingerprint density at radius 1 is 0.471 bits per heavy atom. The highest BCUT2D eigenvalue weighted by Crippen LogP contribution is 2.57. The minimum atomic E-state index is -5.74. The van der Waals surface area contributed by atoms with Crippen LogP contribution in [0.1, 0.15) is 27.7 Å². The van der Waals surface area contributed by atoms with Crippen molar-refractivity contribution in [1.29, 1.82) is 0 Å². The van der Waals surface area contributed by atoms with Crippen LogP contribution in [0.25, 0.3) is 0 Å². The summed E-state index contributed by atoms with van der Waals surface area (Å²) in [5, 5.41) is 0. The zero-order valence-electron chi connectivity index (χ0n) is 9.52. The summed E-state index contributed by atoms with van der Waals surface area (Å²) in [5.41, 5.74) is -12.3. The molecule has 17 heavy (non-hydrogen) atoms. The zero-order chi connectivity index (χ0) is 14.5. The Labute approximate surface area is 93.0 Å². The molecular formula is C9H12F8. The number of hydrogen-bond donors (Lipinski definition) is 0. The van der Waals surface area contributed by atoms with E-state index in [1.54, 1.807) is 0 Å². The Hall–Kier alpha value is -0.560. The Kier molecular flexibility index (Phi) is 3.59. The van der Waals surface area contributed by atoms with Crippen molar-refractivity contribution < 1.29 is 35.1 Å². The van der Waals surface area contributed by atoms with Gasteiger partial charge in [-0.25, -0.2) is 8.78 Å². The van der Waals surface area contributed by atoms with Crippen LogP contribution in [0.15, 0.2) is 0 Å². The standard InChI is InChI=1S/C9H12F8/c1-5(2,8(12,13)14)6(3,10)7(4,11)9(15,16)17/h1-4H3. The Morgan fingerprint density at radius 2 is 0.765 bits per heavy atom. The van der Waals surface area contributed by atoms with Gasteiger partial charge in [0.15, 0.2) is 5.67 Å². The number of rotatable bonds is 2. The number of hydrogen-bond acceptors (Lipinski definition) is 0. The van der Waals surface area contributed by atoms with Crippen LogP contribution < -0.4 is 0 Å². The lowest BCUT2D eigenvalue weighted by atomic mass is 9.68. The molecule has 0 aromatic carbocycles. The van der Waals surface area contributed by atoms with Gasteiger partial charge >= 0.3 is 12.4 Å². The summed E-state index contributed by atoms with van der Waals surface area (Å²) in [6.07, 6.45) is -11.0. The molecule has 2 atom stereocenters. The molecule has 0 rings (SSSR count). The first kappa shape index (κ1) is 16.4. The maximum atomic E-state index is 13.8. The first-order valence-electron chi connectivity index (χ1n) is 4.51. The molecule has 0 aliphatic rings. The van der Waals surface area contributed by atoms with Crippen LogP contribution in [0.3, 0.4) is 0 Å². The van der Waals surface area contributed by atoms with Gasteiger partial charge in [-0.15, -0.1) is 0 Å². The molecular weight excluding hydrogens is 260 g/mol. The van der Waals surface area contributed by atoms with Gasteiger partial charge in [-0.3, -0.25) is 0 Å². The second-order valence-electron chi connectivity index (χ2n) is 4.63. The van der Waals surface area contributed by atoms with Crippen LogP contribution in [0, 0.1) is 5.41 Å². The second-order valence-corrected chi connectivity index (χ2v) is 4.63. The third-order valence-electron chi connectivity index (χ3n) is 3.30. The van der Waals surface area contributed by atoms with Gasteiger partial charge < -0.3 is 0 Å². The Morgan fingerprint density at radius 3 is 0.941 bits per heavy atom. The summed E-state index contributed by atoms with van der Waals surface area (Å²) in [6, 6.07) is 0. The van der Waals surface area contributed by atoms with Gasteiger partial charge in [-0.05, 0) is 27.7 Å². The molecule has 104 valence electrons. The lowest BCUT2D eigenvalue weighted by Gasteiger charge is -2.46. The highest BCUT2D eigenvalue weighted by molar-refractivity contribution is 5.09. The molecule has 0 aromatic heterocycles. The van der Waals surface area contributed by atoms with Crippen LogP contribution in [0.4, 0.5) is 35.1 Å². The van der Waals surface area contributed by atoms with E-state index < -0.39 is 29.1 Å². The van der Waals surface area contributed by atoms with Crippen LogP contribution in [-0.2, 0) is 0 Å². The fourth-order valence-electron chi connectivity index (χ4n) is 1.12. The molecule has 0 aromatic rings. The SMILES string of the molecule is CC(C)(C(F)(F)F)C(C)(F)C(C)(F)C(F)(F)F. The van der Waals surface area contributed by atoms with Crippen molar-refractivity contribution >= 4 is 0 Å². The number of alkyl halides is 8. The zero-order valence-corrected chi connectivity index (χ0v) is 9.52. The van der Waals surface area contributed by atoms with Gasteiger partial charge in [0.1, 0.15) is 0 Å². The smallest absolute Gasteiger partial charge is 0.239 e. The summed E-state index contributed by atoms with van der Waals surface area (Å²) in [6.45, 7) is 0.113. The summed E-state index contributed by atoms with van der Waals surface area (Å²) in [5.74, 6) is 0. The maximum Gasteiger partial charge on any atom is 0.425 e. The maximum absolute atomic E-state index is 13.8. The molecule has 0 amide bonds. The first-order chi connectivity index (χ1) is 7.00. The van der Waals surface area contributed by atoms with E-state index >= 15 is 0 Å². The summed E-state index contributed by atoms with van der Waals surface area (Å²) in [4.78, 5) is 0. The predicted octanol–water partition coefficient (Wildman–Crippen LogP) is 4.59. The van der Waals surface area contributed by atoms with Crippen molar-refractivity contribution in [2.45, 2.75) is 51.4 Å². The molecule has 0 heterocycles. The van der Waals surface area contributed by atoms with Crippen molar-refractivity contribution in [2.24, 2.45) is 5.41 Å². The monoisotopic (exact) mass is 272 g/mol. The van der Waals surface area contributed by atoms with Crippen LogP contribution in [-0.4, -0.2) is 23.7 Å². The fourth-order valence-corrected chi connectivity index (χ4v) is 1.12. The first-order valence-corrected chi connectivity index (χ1v) is 4.51. The molecule has 2 unspecified atom stereocenters. The second kappa shape index (κ2) is 3.71. The van der Waals surface area contributed by atoms with Crippen LogP contribution in [0.5, 0.6) is 0 Å². The van der Waals surface area contributed by atoms with Gasteiger partial charge in [0.25, 0.3) is 0 Å². The van der Waals surface area contributed by atoms with E-state index in [9.17, 15) is 35.1 Å². The third kappa shape index (κ3) is 2.22. The minimum absolute atomic E-state index is 0.0337. The van der Waals surface area contributed by atoms with Crippen molar-refractivity contribution in [2.75, 3.05) is 0 Å². The molecule has 0 bridgehead atoms. The largest absolute Gasteiger partial charge is 0.425 e. The van der Waals surface area contributed by atoms with Gasteiger partial charge in [-0.1, -0.05) is 0 Å². The molecule has 8 heteroatoms. The Balaban J connectivity index is 5.73. The average molecular weight is 272 g/mol. The van der Waals surface area contributed by atoms with Crippen molar-refractivity contribution in [1.82, 2.24) is 0 Å². The molecule has 0 N–H and O–H groups in total. The highest BCUT2D eigenvalue weighted by Gasteiger charge is 2.74. The van der Waals surface area contributed by atoms with Gasteiger partial charge in [0.2, 0.25) is 5.67 Å². The van der Waals surface area contributed by atoms with E-state index in [0.717, 1.165) is 0 Å². The number of halogens is 8. The molecule has 0 aliphatic carbocycles. The van der Waals surface area contributed by atoms with Crippen LogP contribution in [0.2, 0.25) is 0 Å². The van der Waals surface area contributed by atoms with Crippen molar-refractivity contribution in [3.63, 3.8) is 0 Å². The molecule has 0 saturated heterocycles. The van der Waals surface area contributed by atoms with E-state index in [2.05, 4.69) is 0 Å². The van der Waals surface area contributed by atoms with Crippen LogP contribution >= 0.6 is 0 Å². The topological polar surface area (TPSA) is 0 Å². The lowest BCUT2D eigenvalue weighted by molar-refractivity contribution is -0.325. The van der Waals surface area contributed by atoms with E-state index in [4.69, 9.17) is 0 Å². The molecule has 0 spiro atoms. The van der Waals surface area contributed by atoms with Gasteiger partial charge in [0, 0.05) is 0 Å². The third-order valence-corrected chi connectivity index (χ3v) is 3.30. The summed E-state index contributed by atoms with van der Waals surface area (Å²) >= 11 is 0. The molecule has 0 fully saturated rings. The van der Waals surface area contributed by atoms with E-state index in [0.29, 0.717) is 0 Å². The van der Waals surface area contributed by atoms with Gasteiger partial charge in [0.05, 0.1) is 5.41 Å². The normalized spacial score (nSPS) is 21.9. The van der Waals surface area contributed by atoms with E-state index in [-0.39, 0.29) is 27.7 Å². The van der Waals surface area contributed by atoms with Crippen molar-refractivity contribution in [3.05, 3.63) is 0 Å². The Bertz CT molecular complexity index is 252. The lowest BCUT2D eigenvalue weighted by Crippen LogP contribution is -2.64. The minimum Gasteiger partial charge on any atom is -0.239 e. The highest BCUT2D eigenvalue weighted by atomic mass is 19.4. The van der Waals surface area contributed by atoms with E-state index in [1.807, 2.05) is 0 Å². The molecule has 0 nitrogen and oxygen atoms in total.